The Hall–Kier alpha value is -1.14. The molecule has 0 aliphatic heterocycles. The van der Waals surface area contributed by atoms with Crippen LogP contribution in [0, 0.1) is 13.8 Å². The van der Waals surface area contributed by atoms with Crippen molar-refractivity contribution in [3.63, 3.8) is 0 Å². The molecule has 1 rings (SSSR count). The number of aromatic nitrogens is 1. The summed E-state index contributed by atoms with van der Waals surface area (Å²) >= 11 is 1.19. The lowest BCUT2D eigenvalue weighted by Gasteiger charge is -2.07. The number of rotatable bonds is 7. The summed E-state index contributed by atoms with van der Waals surface area (Å²) in [7, 11) is 0. The minimum atomic E-state index is -0.115. The smallest absolute Gasteiger partial charge is 0.308 e. The summed E-state index contributed by atoms with van der Waals surface area (Å²) in [5, 5.41) is 6.00. The van der Waals surface area contributed by atoms with Gasteiger partial charge in [0.25, 0.3) is 0 Å². The van der Waals surface area contributed by atoms with Gasteiger partial charge in [-0.15, -0.1) is 0 Å². The molecule has 0 atom stereocenters. The normalized spacial score (nSPS) is 10.6. The number of carbonyl (C=O) groups excluding carboxylic acids is 1. The molecule has 0 saturated heterocycles. The largest absolute Gasteiger partial charge is 0.353 e. The van der Waals surface area contributed by atoms with Gasteiger partial charge in [-0.2, -0.15) is 0 Å². The molecule has 5 nitrogen and oxygen atoms in total. The first-order valence-electron chi connectivity index (χ1n) is 6.20. The molecule has 1 aromatic heterocycles. The number of nitrogens with zero attached hydrogens (tertiary/aromatic N) is 1. The molecular formula is C12H21N3O2S. The van der Waals surface area contributed by atoms with E-state index >= 15 is 0 Å². The number of carbonyl (C=O) groups is 1. The Labute approximate surface area is 111 Å². The minimum Gasteiger partial charge on any atom is -0.353 e. The van der Waals surface area contributed by atoms with Crippen molar-refractivity contribution in [1.29, 1.82) is 0 Å². The molecule has 0 aliphatic carbocycles. The van der Waals surface area contributed by atoms with Crippen molar-refractivity contribution >= 4 is 17.2 Å². The zero-order chi connectivity index (χ0) is 13.5. The predicted molar refractivity (Wildman–Crippen MR) is 74.2 cm³/mol. The molecule has 6 heteroatoms. The molecular weight excluding hydrogens is 250 g/mol. The van der Waals surface area contributed by atoms with Gasteiger partial charge >= 0.3 is 4.87 Å². The van der Waals surface area contributed by atoms with E-state index in [0.29, 0.717) is 6.54 Å². The monoisotopic (exact) mass is 271 g/mol. The van der Waals surface area contributed by atoms with Crippen LogP contribution in [0.2, 0.25) is 0 Å². The average Bonchev–Trinajstić information content (AvgIpc) is 2.56. The Kier molecular flexibility index (Phi) is 6.07. The van der Waals surface area contributed by atoms with Gasteiger partial charge in [0.1, 0.15) is 6.54 Å². The van der Waals surface area contributed by atoms with Gasteiger partial charge in [0.2, 0.25) is 5.91 Å². The second kappa shape index (κ2) is 7.33. The Morgan fingerprint density at radius 3 is 2.56 bits per heavy atom. The van der Waals surface area contributed by atoms with Gasteiger partial charge in [0, 0.05) is 23.7 Å². The van der Waals surface area contributed by atoms with E-state index in [1.54, 1.807) is 0 Å². The highest BCUT2D eigenvalue weighted by molar-refractivity contribution is 7.09. The van der Waals surface area contributed by atoms with E-state index in [4.69, 9.17) is 0 Å². The highest BCUT2D eigenvalue weighted by atomic mass is 32.1. The summed E-state index contributed by atoms with van der Waals surface area (Å²) in [6.45, 7) is 8.28. The number of amides is 1. The standard InChI is InChI=1S/C12H21N3O2S/c1-4-5-13-6-7-14-11(16)8-15-9(2)10(3)18-12(15)17/h13H,4-8H2,1-3H3,(H,14,16). The van der Waals surface area contributed by atoms with E-state index < -0.39 is 0 Å². The first-order chi connectivity index (χ1) is 8.56. The number of aryl methyl sites for hydroxylation is 1. The number of nitrogens with one attached hydrogen (secondary N) is 2. The molecule has 1 aromatic rings. The third-order valence-corrected chi connectivity index (χ3v) is 3.72. The van der Waals surface area contributed by atoms with Crippen molar-refractivity contribution < 1.29 is 4.79 Å². The van der Waals surface area contributed by atoms with E-state index in [9.17, 15) is 9.59 Å². The van der Waals surface area contributed by atoms with Gasteiger partial charge in [-0.05, 0) is 26.8 Å². The first kappa shape index (κ1) is 14.9. The van der Waals surface area contributed by atoms with Crippen LogP contribution in [0.4, 0.5) is 0 Å². The first-order valence-corrected chi connectivity index (χ1v) is 7.02. The minimum absolute atomic E-state index is 0.0655. The summed E-state index contributed by atoms with van der Waals surface area (Å²) in [5.41, 5.74) is 0.879. The van der Waals surface area contributed by atoms with Crippen LogP contribution in [0.5, 0.6) is 0 Å². The Morgan fingerprint density at radius 1 is 1.28 bits per heavy atom. The van der Waals surface area contributed by atoms with E-state index in [-0.39, 0.29) is 17.3 Å². The molecule has 0 aliphatic rings. The molecule has 0 spiro atoms. The quantitative estimate of drug-likeness (QED) is 0.716. The summed E-state index contributed by atoms with van der Waals surface area (Å²) in [6.07, 6.45) is 1.08. The molecule has 1 amide bonds. The van der Waals surface area contributed by atoms with E-state index in [0.717, 1.165) is 30.1 Å². The predicted octanol–water partition coefficient (Wildman–Crippen LogP) is 0.642. The van der Waals surface area contributed by atoms with Crippen molar-refractivity contribution in [2.75, 3.05) is 19.6 Å². The highest BCUT2D eigenvalue weighted by Gasteiger charge is 2.10. The molecule has 0 unspecified atom stereocenters. The van der Waals surface area contributed by atoms with Gasteiger partial charge < -0.3 is 10.6 Å². The van der Waals surface area contributed by atoms with Crippen LogP contribution in [0.1, 0.15) is 23.9 Å². The maximum atomic E-state index is 11.7. The molecule has 0 bridgehead atoms. The van der Waals surface area contributed by atoms with Gasteiger partial charge in [-0.3, -0.25) is 14.2 Å². The lowest BCUT2D eigenvalue weighted by Crippen LogP contribution is -2.35. The summed E-state index contributed by atoms with van der Waals surface area (Å²) in [6, 6.07) is 0. The zero-order valence-electron chi connectivity index (χ0n) is 11.2. The molecule has 0 aromatic carbocycles. The Bertz CT molecular complexity index is 451. The van der Waals surface area contributed by atoms with E-state index in [2.05, 4.69) is 17.6 Å². The zero-order valence-corrected chi connectivity index (χ0v) is 12.0. The summed E-state index contributed by atoms with van der Waals surface area (Å²) in [5.74, 6) is -0.115. The fourth-order valence-electron chi connectivity index (χ4n) is 1.56. The topological polar surface area (TPSA) is 63.1 Å². The molecule has 0 radical (unpaired) electrons. The van der Waals surface area contributed by atoms with Crippen LogP contribution < -0.4 is 15.5 Å². The van der Waals surface area contributed by atoms with Gasteiger partial charge in [0.05, 0.1) is 0 Å². The third kappa shape index (κ3) is 4.27. The van der Waals surface area contributed by atoms with Crippen LogP contribution >= 0.6 is 11.3 Å². The maximum absolute atomic E-state index is 11.7. The van der Waals surface area contributed by atoms with Gasteiger partial charge in [-0.25, -0.2) is 0 Å². The summed E-state index contributed by atoms with van der Waals surface area (Å²) in [4.78, 5) is 24.2. The van der Waals surface area contributed by atoms with Crippen LogP contribution in [0.25, 0.3) is 0 Å². The van der Waals surface area contributed by atoms with Crippen molar-refractivity contribution in [2.24, 2.45) is 0 Å². The third-order valence-electron chi connectivity index (χ3n) is 2.73. The van der Waals surface area contributed by atoms with Crippen molar-refractivity contribution in [2.45, 2.75) is 33.7 Å². The second-order valence-electron chi connectivity index (χ2n) is 4.20. The number of hydrogen-bond acceptors (Lipinski definition) is 4. The Morgan fingerprint density at radius 2 is 2.00 bits per heavy atom. The summed E-state index contributed by atoms with van der Waals surface area (Å²) < 4.78 is 1.52. The van der Waals surface area contributed by atoms with Crippen LogP contribution in [-0.4, -0.2) is 30.1 Å². The lowest BCUT2D eigenvalue weighted by molar-refractivity contribution is -0.121. The molecule has 102 valence electrons. The van der Waals surface area contributed by atoms with Crippen LogP contribution in [0.3, 0.4) is 0 Å². The van der Waals surface area contributed by atoms with E-state index in [1.807, 2.05) is 13.8 Å². The lowest BCUT2D eigenvalue weighted by atomic mass is 10.4. The molecule has 1 heterocycles. The fourth-order valence-corrected chi connectivity index (χ4v) is 2.39. The van der Waals surface area contributed by atoms with Crippen LogP contribution in [0.15, 0.2) is 4.79 Å². The molecule has 0 saturated carbocycles. The maximum Gasteiger partial charge on any atom is 0.308 e. The van der Waals surface area contributed by atoms with Crippen molar-refractivity contribution in [3.05, 3.63) is 20.2 Å². The molecule has 18 heavy (non-hydrogen) atoms. The number of hydrogen-bond donors (Lipinski definition) is 2. The second-order valence-corrected chi connectivity index (χ2v) is 5.36. The number of thiazole rings is 1. The van der Waals surface area contributed by atoms with Gasteiger partial charge in [-0.1, -0.05) is 18.3 Å². The Balaban J connectivity index is 2.38. The van der Waals surface area contributed by atoms with Crippen molar-refractivity contribution in [1.82, 2.24) is 15.2 Å². The average molecular weight is 271 g/mol. The van der Waals surface area contributed by atoms with Gasteiger partial charge in [0.15, 0.2) is 0 Å². The highest BCUT2D eigenvalue weighted by Crippen LogP contribution is 2.08. The van der Waals surface area contributed by atoms with E-state index in [1.165, 1.54) is 15.9 Å². The van der Waals surface area contributed by atoms with Crippen molar-refractivity contribution in [3.8, 4) is 0 Å². The fraction of sp³-hybridized carbons (Fsp3) is 0.667. The SMILES string of the molecule is CCCNCCNC(=O)Cn1c(C)c(C)sc1=O. The van der Waals surface area contributed by atoms with Crippen LogP contribution in [-0.2, 0) is 11.3 Å². The molecule has 0 fully saturated rings. The molecule has 2 N–H and O–H groups in total.